The molecule has 2 nitrogen and oxygen atoms in total. The first-order chi connectivity index (χ1) is 9.39. The Hall–Kier alpha value is -1.85. The zero-order valence-electron chi connectivity index (χ0n) is 10.4. The fraction of sp³-hybridized carbons (Fsp3) is 0.357. The van der Waals surface area contributed by atoms with Crippen molar-refractivity contribution < 1.29 is 22.4 Å². The van der Waals surface area contributed by atoms with Crippen LogP contribution in [0.4, 0.5) is 23.2 Å². The number of nitrogens with one attached hydrogen (secondary N) is 1. The average molecular weight is 285 g/mol. The maximum absolute atomic E-state index is 13.6. The Morgan fingerprint density at radius 1 is 1.10 bits per heavy atom. The number of allylic oxidation sites excluding steroid dienone is 1. The molecular weight excluding hydrogens is 274 g/mol. The monoisotopic (exact) mass is 285 g/mol. The number of hydrogen-bond donors (Lipinski definition) is 1. The van der Waals surface area contributed by atoms with Crippen LogP contribution in [0.5, 0.6) is 0 Å². The van der Waals surface area contributed by atoms with E-state index in [1.165, 1.54) is 6.07 Å². The Labute approximate surface area is 112 Å². The Morgan fingerprint density at radius 3 is 2.40 bits per heavy atom. The summed E-state index contributed by atoms with van der Waals surface area (Å²) in [6.07, 6.45) is -0.460. The minimum atomic E-state index is -2.71. The van der Waals surface area contributed by atoms with Gasteiger partial charge in [0.2, 0.25) is 5.92 Å². The van der Waals surface area contributed by atoms with E-state index in [2.05, 4.69) is 5.32 Å². The molecular formula is C14H11F4NO. The normalized spacial score (nSPS) is 20.9. The molecule has 0 saturated heterocycles. The number of carbonyl (C=O) groups excluding carboxylic acids is 1. The van der Waals surface area contributed by atoms with Gasteiger partial charge < -0.3 is 5.32 Å². The van der Waals surface area contributed by atoms with E-state index in [1.54, 1.807) is 0 Å². The lowest BCUT2D eigenvalue weighted by Gasteiger charge is -2.24. The van der Waals surface area contributed by atoms with Crippen molar-refractivity contribution in [2.45, 2.75) is 31.6 Å². The second-order valence-electron chi connectivity index (χ2n) is 5.07. The highest BCUT2D eigenvalue weighted by atomic mass is 19.3. The van der Waals surface area contributed by atoms with Crippen molar-refractivity contribution >= 4 is 17.2 Å². The molecule has 1 saturated carbocycles. The summed E-state index contributed by atoms with van der Waals surface area (Å²) in [6.45, 7) is 0. The summed E-state index contributed by atoms with van der Waals surface area (Å²) in [5.41, 5.74) is 0.858. The van der Waals surface area contributed by atoms with Crippen molar-refractivity contribution in [2.24, 2.45) is 0 Å². The lowest BCUT2D eigenvalue weighted by molar-refractivity contribution is -0.111. The third-order valence-electron chi connectivity index (χ3n) is 3.77. The third-order valence-corrected chi connectivity index (χ3v) is 3.77. The maximum Gasteiger partial charge on any atom is 0.256 e. The number of alkyl halides is 2. The number of anilines is 1. The summed E-state index contributed by atoms with van der Waals surface area (Å²) in [5, 5.41) is 2.28. The fourth-order valence-electron chi connectivity index (χ4n) is 2.70. The second kappa shape index (κ2) is 4.33. The summed E-state index contributed by atoms with van der Waals surface area (Å²) in [5.74, 6) is -5.43. The van der Waals surface area contributed by atoms with Crippen molar-refractivity contribution in [3.8, 4) is 0 Å². The molecule has 1 aliphatic carbocycles. The van der Waals surface area contributed by atoms with Gasteiger partial charge in [-0.15, -0.1) is 0 Å². The molecule has 20 heavy (non-hydrogen) atoms. The van der Waals surface area contributed by atoms with Crippen LogP contribution in [-0.2, 0) is 4.79 Å². The molecule has 6 heteroatoms. The Balaban J connectivity index is 2.05. The van der Waals surface area contributed by atoms with E-state index in [1.807, 2.05) is 0 Å². The first kappa shape index (κ1) is 13.1. The highest BCUT2D eigenvalue weighted by Crippen LogP contribution is 2.43. The van der Waals surface area contributed by atoms with Crippen LogP contribution in [0.1, 0.15) is 31.2 Å². The van der Waals surface area contributed by atoms with Crippen LogP contribution < -0.4 is 5.32 Å². The number of halogens is 4. The smallest absolute Gasteiger partial charge is 0.256 e. The number of rotatable bonds is 0. The fourth-order valence-corrected chi connectivity index (χ4v) is 2.70. The van der Waals surface area contributed by atoms with Crippen LogP contribution >= 0.6 is 0 Å². The van der Waals surface area contributed by atoms with Crippen molar-refractivity contribution in [1.82, 2.24) is 0 Å². The molecule has 1 heterocycles. The number of fused-ring (bicyclic) bond motifs is 1. The van der Waals surface area contributed by atoms with E-state index in [4.69, 9.17) is 0 Å². The molecule has 1 fully saturated rings. The van der Waals surface area contributed by atoms with Gasteiger partial charge in [0.05, 0.1) is 5.69 Å². The molecule has 0 unspecified atom stereocenters. The minimum Gasteiger partial charge on any atom is -0.319 e. The average Bonchev–Trinajstić information content (AvgIpc) is 2.72. The zero-order chi connectivity index (χ0) is 14.5. The number of amides is 1. The van der Waals surface area contributed by atoms with E-state index in [9.17, 15) is 22.4 Å². The molecule has 1 aromatic carbocycles. The summed E-state index contributed by atoms with van der Waals surface area (Å²) in [6, 6.07) is 2.24. The summed E-state index contributed by atoms with van der Waals surface area (Å²) >= 11 is 0. The molecule has 0 radical (unpaired) electrons. The topological polar surface area (TPSA) is 29.1 Å². The van der Waals surface area contributed by atoms with Gasteiger partial charge in [-0.3, -0.25) is 4.79 Å². The van der Waals surface area contributed by atoms with Gasteiger partial charge in [-0.2, -0.15) is 0 Å². The van der Waals surface area contributed by atoms with Crippen LogP contribution in [-0.4, -0.2) is 11.8 Å². The van der Waals surface area contributed by atoms with Crippen LogP contribution in [0.15, 0.2) is 17.7 Å². The van der Waals surface area contributed by atoms with Crippen molar-refractivity contribution in [1.29, 1.82) is 0 Å². The standard InChI is InChI=1S/C14H11F4NO/c15-9-2-1-8-10(13(20)19-12(8)11(9)16)7-3-5-14(17,18)6-4-7/h1-2H,3-6H2,(H,19,20). The molecule has 3 rings (SSSR count). The van der Waals surface area contributed by atoms with Gasteiger partial charge >= 0.3 is 0 Å². The SMILES string of the molecule is O=C1Nc2c(ccc(F)c2F)C1=C1CCC(F)(F)CC1. The molecule has 1 aliphatic heterocycles. The van der Waals surface area contributed by atoms with Gasteiger partial charge in [-0.25, -0.2) is 17.6 Å². The predicted molar refractivity (Wildman–Crippen MR) is 65.3 cm³/mol. The quantitative estimate of drug-likeness (QED) is 0.569. The van der Waals surface area contributed by atoms with Crippen molar-refractivity contribution in [3.05, 3.63) is 34.9 Å². The second-order valence-corrected chi connectivity index (χ2v) is 5.07. The zero-order valence-corrected chi connectivity index (χ0v) is 10.4. The van der Waals surface area contributed by atoms with E-state index >= 15 is 0 Å². The van der Waals surface area contributed by atoms with Crippen LogP contribution in [0.3, 0.4) is 0 Å². The number of hydrogen-bond acceptors (Lipinski definition) is 1. The highest BCUT2D eigenvalue weighted by molar-refractivity contribution is 6.32. The van der Waals surface area contributed by atoms with E-state index in [0.29, 0.717) is 5.57 Å². The van der Waals surface area contributed by atoms with Gasteiger partial charge in [0.15, 0.2) is 11.6 Å². The van der Waals surface area contributed by atoms with Gasteiger partial charge in [0.25, 0.3) is 5.91 Å². The predicted octanol–water partition coefficient (Wildman–Crippen LogP) is 3.88. The maximum atomic E-state index is 13.6. The van der Waals surface area contributed by atoms with Gasteiger partial charge in [-0.05, 0) is 25.0 Å². The highest BCUT2D eigenvalue weighted by Gasteiger charge is 2.37. The minimum absolute atomic E-state index is 0.0915. The Morgan fingerprint density at radius 2 is 1.75 bits per heavy atom. The molecule has 1 amide bonds. The van der Waals surface area contributed by atoms with E-state index < -0.39 is 23.5 Å². The van der Waals surface area contributed by atoms with Gasteiger partial charge in [-0.1, -0.05) is 5.57 Å². The largest absolute Gasteiger partial charge is 0.319 e. The first-order valence-corrected chi connectivity index (χ1v) is 6.28. The molecule has 2 aliphatic rings. The number of carbonyl (C=O) groups is 1. The molecule has 0 atom stereocenters. The lowest BCUT2D eigenvalue weighted by Crippen LogP contribution is -2.21. The summed E-state index contributed by atoms with van der Waals surface area (Å²) in [7, 11) is 0. The molecule has 1 aromatic rings. The van der Waals surface area contributed by atoms with Gasteiger partial charge in [0.1, 0.15) is 0 Å². The molecule has 0 spiro atoms. The summed E-state index contributed by atoms with van der Waals surface area (Å²) < 4.78 is 53.0. The Kier molecular flexibility index (Phi) is 2.84. The summed E-state index contributed by atoms with van der Waals surface area (Å²) in [4.78, 5) is 11.9. The van der Waals surface area contributed by atoms with Crippen LogP contribution in [0.2, 0.25) is 0 Å². The lowest BCUT2D eigenvalue weighted by atomic mass is 9.86. The van der Waals surface area contributed by atoms with Crippen molar-refractivity contribution in [2.75, 3.05) is 5.32 Å². The Bertz CT molecular complexity index is 624. The van der Waals surface area contributed by atoms with Gasteiger partial charge in [0, 0.05) is 24.0 Å². The van der Waals surface area contributed by atoms with E-state index in [-0.39, 0.29) is 42.5 Å². The molecule has 0 aromatic heterocycles. The van der Waals surface area contributed by atoms with Crippen LogP contribution in [0, 0.1) is 11.6 Å². The van der Waals surface area contributed by atoms with E-state index in [0.717, 1.165) is 6.07 Å². The van der Waals surface area contributed by atoms with Crippen LogP contribution in [0.25, 0.3) is 5.57 Å². The number of benzene rings is 1. The molecule has 0 bridgehead atoms. The molecule has 106 valence electrons. The third kappa shape index (κ3) is 1.99. The van der Waals surface area contributed by atoms with Crippen molar-refractivity contribution in [3.63, 3.8) is 0 Å². The molecule has 1 N–H and O–H groups in total. The first-order valence-electron chi connectivity index (χ1n) is 6.28.